The third kappa shape index (κ3) is 2.27. The lowest BCUT2D eigenvalue weighted by atomic mass is 10.1. The fourth-order valence-corrected chi connectivity index (χ4v) is 3.10. The van der Waals surface area contributed by atoms with Crippen LogP contribution >= 0.6 is 0 Å². The van der Waals surface area contributed by atoms with E-state index < -0.39 is 0 Å². The Hall–Kier alpha value is -2.75. The lowest BCUT2D eigenvalue weighted by Crippen LogP contribution is -2.24. The maximum absolute atomic E-state index is 12.5. The van der Waals surface area contributed by atoms with Gasteiger partial charge in [-0.3, -0.25) is 4.79 Å². The van der Waals surface area contributed by atoms with Crippen molar-refractivity contribution in [3.63, 3.8) is 0 Å². The van der Waals surface area contributed by atoms with Crippen LogP contribution in [-0.2, 0) is 11.3 Å². The van der Waals surface area contributed by atoms with Gasteiger partial charge < -0.3 is 14.8 Å². The monoisotopic (exact) mass is 307 g/mol. The van der Waals surface area contributed by atoms with Gasteiger partial charge in [0, 0.05) is 23.7 Å². The largest absolute Gasteiger partial charge is 0.497 e. The summed E-state index contributed by atoms with van der Waals surface area (Å²) in [6, 6.07) is 5.58. The molecule has 116 valence electrons. The first-order chi connectivity index (χ1) is 11.2. The predicted molar refractivity (Wildman–Crippen MR) is 87.3 cm³/mol. The van der Waals surface area contributed by atoms with Crippen LogP contribution in [0.1, 0.15) is 12.0 Å². The van der Waals surface area contributed by atoms with Crippen molar-refractivity contribution in [3.05, 3.63) is 69.9 Å². The zero-order valence-electron chi connectivity index (χ0n) is 13.1. The summed E-state index contributed by atoms with van der Waals surface area (Å²) < 4.78 is 10.5. The standard InChI is InChI=1S/C19H17NO3/c1-22-13-4-3-11(18(9-13)23-2)10-20-19(21)15-6-5-14-16-7-12(16)8-17(14)15/h3-6,8-9H,7,10H2,1-2H3,(H,20,21). The SMILES string of the molecule is COc1ccc(CNC(=O)C2=C3C=C4CC4=C3C=C2)c(OC)c1. The number of fused-ring (bicyclic) bond motifs is 2. The van der Waals surface area contributed by atoms with Crippen LogP contribution < -0.4 is 14.8 Å². The molecule has 23 heavy (non-hydrogen) atoms. The van der Waals surface area contributed by atoms with E-state index in [1.54, 1.807) is 14.2 Å². The topological polar surface area (TPSA) is 47.6 Å². The van der Waals surface area contributed by atoms with E-state index in [2.05, 4.69) is 11.4 Å². The third-order valence-electron chi connectivity index (χ3n) is 4.45. The average molecular weight is 307 g/mol. The first-order valence-corrected chi connectivity index (χ1v) is 7.57. The molecule has 4 heteroatoms. The number of allylic oxidation sites excluding steroid dienone is 6. The molecule has 4 nitrogen and oxygen atoms in total. The van der Waals surface area contributed by atoms with Crippen molar-refractivity contribution in [1.29, 1.82) is 0 Å². The summed E-state index contributed by atoms with van der Waals surface area (Å²) in [5, 5.41) is 2.97. The Morgan fingerprint density at radius 1 is 1.17 bits per heavy atom. The highest BCUT2D eigenvalue weighted by Crippen LogP contribution is 2.51. The summed E-state index contributed by atoms with van der Waals surface area (Å²) in [6.45, 7) is 0.416. The van der Waals surface area contributed by atoms with Crippen LogP contribution in [0.15, 0.2) is 64.3 Å². The van der Waals surface area contributed by atoms with Crippen LogP contribution in [-0.4, -0.2) is 20.1 Å². The van der Waals surface area contributed by atoms with E-state index in [9.17, 15) is 4.79 Å². The van der Waals surface area contributed by atoms with E-state index in [0.29, 0.717) is 12.3 Å². The molecule has 1 N–H and O–H groups in total. The molecule has 0 bridgehead atoms. The number of ether oxygens (including phenoxy) is 2. The van der Waals surface area contributed by atoms with Crippen LogP contribution in [0.2, 0.25) is 0 Å². The number of nitrogens with one attached hydrogen (secondary N) is 1. The number of amides is 1. The van der Waals surface area contributed by atoms with Crippen molar-refractivity contribution in [2.24, 2.45) is 0 Å². The van der Waals surface area contributed by atoms with Crippen LogP contribution in [0.25, 0.3) is 0 Å². The molecule has 0 aromatic heterocycles. The average Bonchev–Trinajstić information content (AvgIpc) is 3.06. The van der Waals surface area contributed by atoms with Gasteiger partial charge >= 0.3 is 0 Å². The normalized spacial score (nSPS) is 17.0. The Bertz CT molecular complexity index is 840. The Balaban J connectivity index is 1.49. The van der Waals surface area contributed by atoms with Gasteiger partial charge in [0.1, 0.15) is 11.5 Å². The zero-order chi connectivity index (χ0) is 16.0. The Kier molecular flexibility index (Phi) is 3.11. The van der Waals surface area contributed by atoms with Gasteiger partial charge in [0.25, 0.3) is 5.91 Å². The van der Waals surface area contributed by atoms with E-state index in [1.165, 1.54) is 16.7 Å². The highest BCUT2D eigenvalue weighted by molar-refractivity contribution is 6.01. The molecule has 1 aromatic carbocycles. The lowest BCUT2D eigenvalue weighted by Gasteiger charge is -2.11. The summed E-state index contributed by atoms with van der Waals surface area (Å²) in [6.07, 6.45) is 7.17. The van der Waals surface area contributed by atoms with Gasteiger partial charge in [-0.1, -0.05) is 6.08 Å². The second-order valence-corrected chi connectivity index (χ2v) is 5.76. The van der Waals surface area contributed by atoms with Crippen molar-refractivity contribution in [3.8, 4) is 11.5 Å². The summed E-state index contributed by atoms with van der Waals surface area (Å²) in [4.78, 5) is 12.5. The Morgan fingerprint density at radius 2 is 2.04 bits per heavy atom. The molecule has 1 fully saturated rings. The molecular formula is C19H17NO3. The zero-order valence-corrected chi connectivity index (χ0v) is 13.1. The fourth-order valence-electron chi connectivity index (χ4n) is 3.10. The third-order valence-corrected chi connectivity index (χ3v) is 4.45. The van der Waals surface area contributed by atoms with Gasteiger partial charge in [-0.2, -0.15) is 0 Å². The van der Waals surface area contributed by atoms with E-state index in [0.717, 1.165) is 28.9 Å². The number of carbonyl (C=O) groups is 1. The lowest BCUT2D eigenvalue weighted by molar-refractivity contribution is -0.117. The van der Waals surface area contributed by atoms with Gasteiger partial charge in [-0.25, -0.2) is 0 Å². The van der Waals surface area contributed by atoms with Crippen molar-refractivity contribution in [1.82, 2.24) is 5.32 Å². The predicted octanol–water partition coefficient (Wildman–Crippen LogP) is 2.83. The minimum absolute atomic E-state index is 0.0529. The first-order valence-electron chi connectivity index (χ1n) is 7.57. The van der Waals surface area contributed by atoms with Gasteiger partial charge in [0.2, 0.25) is 0 Å². The Morgan fingerprint density at radius 3 is 2.83 bits per heavy atom. The van der Waals surface area contributed by atoms with Crippen molar-refractivity contribution < 1.29 is 14.3 Å². The molecule has 3 aliphatic rings. The van der Waals surface area contributed by atoms with E-state index in [-0.39, 0.29) is 5.91 Å². The van der Waals surface area contributed by atoms with Crippen LogP contribution in [0, 0.1) is 0 Å². The molecule has 1 amide bonds. The molecular weight excluding hydrogens is 290 g/mol. The molecule has 4 rings (SSSR count). The molecule has 0 saturated heterocycles. The molecule has 0 unspecified atom stereocenters. The van der Waals surface area contributed by atoms with E-state index in [4.69, 9.17) is 9.47 Å². The summed E-state index contributed by atoms with van der Waals surface area (Å²) >= 11 is 0. The maximum Gasteiger partial charge on any atom is 0.252 e. The number of hydrogen-bond donors (Lipinski definition) is 1. The quantitative estimate of drug-likeness (QED) is 0.910. The number of rotatable bonds is 5. The summed E-state index contributed by atoms with van der Waals surface area (Å²) in [7, 11) is 3.23. The first kappa shape index (κ1) is 13.9. The molecule has 0 radical (unpaired) electrons. The second kappa shape index (κ2) is 5.16. The molecule has 0 atom stereocenters. The number of carbonyl (C=O) groups excluding carboxylic acids is 1. The van der Waals surface area contributed by atoms with Gasteiger partial charge in [-0.05, 0) is 53.0 Å². The molecule has 1 aromatic rings. The molecule has 0 aliphatic heterocycles. The number of methoxy groups -OCH3 is 2. The highest BCUT2D eigenvalue weighted by Gasteiger charge is 2.35. The van der Waals surface area contributed by atoms with Gasteiger partial charge in [0.15, 0.2) is 0 Å². The summed E-state index contributed by atoms with van der Waals surface area (Å²) in [5.74, 6) is 1.38. The smallest absolute Gasteiger partial charge is 0.252 e. The highest BCUT2D eigenvalue weighted by atomic mass is 16.5. The Labute approximate surface area is 134 Å². The van der Waals surface area contributed by atoms with E-state index in [1.807, 2.05) is 30.4 Å². The van der Waals surface area contributed by atoms with Crippen molar-refractivity contribution in [2.75, 3.05) is 14.2 Å². The maximum atomic E-state index is 12.5. The minimum atomic E-state index is -0.0529. The van der Waals surface area contributed by atoms with Gasteiger partial charge in [-0.15, -0.1) is 0 Å². The molecule has 0 spiro atoms. The second-order valence-electron chi connectivity index (χ2n) is 5.76. The minimum Gasteiger partial charge on any atom is -0.497 e. The van der Waals surface area contributed by atoms with Gasteiger partial charge in [0.05, 0.1) is 14.2 Å². The molecule has 1 saturated carbocycles. The summed E-state index contributed by atoms with van der Waals surface area (Å²) in [5.41, 5.74) is 6.74. The molecule has 3 aliphatic carbocycles. The van der Waals surface area contributed by atoms with E-state index >= 15 is 0 Å². The van der Waals surface area contributed by atoms with Crippen LogP contribution in [0.5, 0.6) is 11.5 Å². The number of benzene rings is 1. The van der Waals surface area contributed by atoms with Crippen LogP contribution in [0.4, 0.5) is 0 Å². The van der Waals surface area contributed by atoms with Crippen molar-refractivity contribution in [2.45, 2.75) is 13.0 Å². The van der Waals surface area contributed by atoms with Crippen molar-refractivity contribution >= 4 is 5.91 Å². The fraction of sp³-hybridized carbons (Fsp3) is 0.211. The number of hydrogen-bond acceptors (Lipinski definition) is 3. The molecule has 0 heterocycles. The van der Waals surface area contributed by atoms with Crippen LogP contribution in [0.3, 0.4) is 0 Å².